The first-order chi connectivity index (χ1) is 17.0. The zero-order valence-electron chi connectivity index (χ0n) is 22.1. The first-order valence-electron chi connectivity index (χ1n) is 11.7. The molecule has 0 spiro atoms. The van der Waals surface area contributed by atoms with Crippen LogP contribution in [-0.4, -0.2) is 43.9 Å². The first kappa shape index (κ1) is 30.0. The monoisotopic (exact) mass is 550 g/mol. The average Bonchev–Trinajstić information content (AvgIpc) is 2.75. The van der Waals surface area contributed by atoms with Crippen LogP contribution in [0.1, 0.15) is 64.7 Å². The Morgan fingerprint density at radius 3 is 2.38 bits per heavy atom. The van der Waals surface area contributed by atoms with E-state index >= 15 is 4.39 Å². The quantitative estimate of drug-likeness (QED) is 0.297. The summed E-state index contributed by atoms with van der Waals surface area (Å²) in [4.78, 5) is 14.3. The molecule has 1 aromatic heterocycles. The number of nitrogens with one attached hydrogen (secondary N) is 1. The maximum Gasteiger partial charge on any atom is 0.396 e. The highest BCUT2D eigenvalue weighted by Crippen LogP contribution is 2.54. The number of nitrogens with zero attached hydrogens (tertiary/aromatic N) is 1. The molecule has 2 atom stereocenters. The second kappa shape index (κ2) is 10.9. The molecule has 0 saturated carbocycles. The van der Waals surface area contributed by atoms with Crippen molar-refractivity contribution in [3.8, 4) is 5.75 Å². The number of H-pyrrole nitrogens is 1. The summed E-state index contributed by atoms with van der Waals surface area (Å²) in [5, 5.41) is -1.91. The number of aryl methyl sites for hydroxylation is 1. The van der Waals surface area contributed by atoms with Gasteiger partial charge in [0.25, 0.3) is 0 Å². The van der Waals surface area contributed by atoms with E-state index in [1.54, 1.807) is 0 Å². The molecule has 1 aliphatic rings. The summed E-state index contributed by atoms with van der Waals surface area (Å²) in [6, 6.07) is 1.82. The van der Waals surface area contributed by atoms with Crippen LogP contribution >= 0.6 is 20.8 Å². The van der Waals surface area contributed by atoms with Crippen LogP contribution < -0.4 is 10.2 Å². The molecule has 198 valence electrons. The van der Waals surface area contributed by atoms with E-state index in [1.807, 2.05) is 47.6 Å². The Morgan fingerprint density at radius 1 is 1.19 bits per heavy atom. The number of hydrogen-bond acceptors (Lipinski definition) is 6. The Balaban J connectivity index is 1.83. The predicted molar refractivity (Wildman–Crippen MR) is 143 cm³/mol. The Morgan fingerprint density at radius 2 is 1.81 bits per heavy atom. The van der Waals surface area contributed by atoms with Gasteiger partial charge in [0.15, 0.2) is 5.82 Å². The van der Waals surface area contributed by atoms with Gasteiger partial charge >= 0.3 is 14.3 Å². The van der Waals surface area contributed by atoms with Crippen LogP contribution in [0.15, 0.2) is 17.1 Å². The maximum atomic E-state index is 15.5. The Labute approximate surface area is 225 Å². The molecule has 13 heteroatoms. The third-order valence-corrected chi connectivity index (χ3v) is 7.46. The molecule has 2 aromatic rings. The fraction of sp³-hybridized carbons (Fsp3) is 0.583. The van der Waals surface area contributed by atoms with Gasteiger partial charge in [-0.2, -0.15) is 0 Å². The van der Waals surface area contributed by atoms with Crippen LogP contribution in [0.25, 0.3) is 0 Å². The summed E-state index contributed by atoms with van der Waals surface area (Å²) in [5.74, 6) is -0.776. The molecule has 0 saturated heterocycles. The number of aromatic amines is 1. The minimum Gasteiger partial charge on any atom is -0.426 e. The van der Waals surface area contributed by atoms with Crippen molar-refractivity contribution in [3.05, 3.63) is 55.7 Å². The van der Waals surface area contributed by atoms with E-state index in [0.717, 1.165) is 16.3 Å². The Kier molecular flexibility index (Phi) is 8.82. The number of halogens is 2. The van der Waals surface area contributed by atoms with E-state index in [0.29, 0.717) is 16.9 Å². The van der Waals surface area contributed by atoms with E-state index in [4.69, 9.17) is 46.2 Å². The van der Waals surface area contributed by atoms with Crippen LogP contribution in [0.5, 0.6) is 5.75 Å². The van der Waals surface area contributed by atoms with Gasteiger partial charge in [-0.1, -0.05) is 53.8 Å². The van der Waals surface area contributed by atoms with E-state index in [-0.39, 0.29) is 35.4 Å². The molecule has 37 heavy (non-hydrogen) atoms. The van der Waals surface area contributed by atoms with Crippen molar-refractivity contribution >= 4 is 36.5 Å². The predicted octanol–water partition coefficient (Wildman–Crippen LogP) is 5.03. The molecule has 2 heterocycles. The molecule has 2 unspecified atom stereocenters. The molecule has 7 nitrogen and oxygen atoms in total. The topological polar surface area (TPSA) is 74.7 Å². The fourth-order valence-corrected chi connectivity index (χ4v) is 5.17. The second-order valence-electron chi connectivity index (χ2n) is 11.1. The Hall–Kier alpha value is -1.58. The van der Waals surface area contributed by atoms with Crippen LogP contribution in [0, 0.1) is 16.3 Å². The standard InChI is InChI=1S/C24H31B2F2N2O5PS/c1-22(2,3)14-10-15(23(4,5)6)19-13(18(14)28)12-33-36(34-19)35-24(25,26)17(32-7)8-9-30-11-16(27)20(37)29-21(30)31/h10-11,17H,8-9,12H2,1-7H3,(H,29,31,37). The van der Waals surface area contributed by atoms with Crippen molar-refractivity contribution < 1.29 is 27.1 Å². The molecular weight excluding hydrogens is 519 g/mol. The van der Waals surface area contributed by atoms with Crippen molar-refractivity contribution in [2.45, 2.75) is 83.4 Å². The molecule has 3 rings (SSSR count). The molecule has 1 aliphatic heterocycles. The van der Waals surface area contributed by atoms with E-state index in [1.165, 1.54) is 7.11 Å². The van der Waals surface area contributed by atoms with E-state index in [9.17, 15) is 9.18 Å². The highest BCUT2D eigenvalue weighted by molar-refractivity contribution is 7.71. The number of benzene rings is 1. The fourth-order valence-electron chi connectivity index (χ4n) is 3.92. The van der Waals surface area contributed by atoms with Crippen LogP contribution in [-0.2, 0) is 37.8 Å². The summed E-state index contributed by atoms with van der Waals surface area (Å²) < 4.78 is 53.0. The summed E-state index contributed by atoms with van der Waals surface area (Å²) in [7, 11) is 11.7. The lowest BCUT2D eigenvalue weighted by molar-refractivity contribution is 0.000821. The van der Waals surface area contributed by atoms with Gasteiger partial charge in [0.2, 0.25) is 0 Å². The van der Waals surface area contributed by atoms with Gasteiger partial charge in [-0.25, -0.2) is 13.6 Å². The summed E-state index contributed by atoms with van der Waals surface area (Å²) in [6.07, 6.45) is 0.139. The number of fused-ring (bicyclic) bond motifs is 1. The zero-order valence-corrected chi connectivity index (χ0v) is 23.8. The average molecular weight is 550 g/mol. The highest BCUT2D eigenvalue weighted by Gasteiger charge is 2.40. The van der Waals surface area contributed by atoms with Crippen molar-refractivity contribution in [2.24, 2.45) is 0 Å². The third kappa shape index (κ3) is 6.71. The van der Waals surface area contributed by atoms with Gasteiger partial charge in [0, 0.05) is 30.8 Å². The Bertz CT molecular complexity index is 1270. The number of rotatable bonds is 7. The summed E-state index contributed by atoms with van der Waals surface area (Å²) in [6.45, 7) is 11.8. The summed E-state index contributed by atoms with van der Waals surface area (Å²) in [5.41, 5.74) is 0.294. The van der Waals surface area contributed by atoms with Crippen molar-refractivity contribution in [2.75, 3.05) is 7.11 Å². The molecule has 1 aromatic carbocycles. The lowest BCUT2D eigenvalue weighted by Gasteiger charge is -2.39. The largest absolute Gasteiger partial charge is 0.426 e. The lowest BCUT2D eigenvalue weighted by Crippen LogP contribution is -2.47. The van der Waals surface area contributed by atoms with Crippen LogP contribution in [0.4, 0.5) is 8.78 Å². The van der Waals surface area contributed by atoms with E-state index in [2.05, 4.69) is 4.98 Å². The van der Waals surface area contributed by atoms with Gasteiger partial charge in [0.05, 0.1) is 18.3 Å². The highest BCUT2D eigenvalue weighted by atomic mass is 32.1. The second-order valence-corrected chi connectivity index (χ2v) is 12.5. The minimum atomic E-state index is -2.12. The molecule has 0 amide bonds. The van der Waals surface area contributed by atoms with E-state index < -0.39 is 37.0 Å². The molecular formula is C24H31B2F2N2O5PS. The third-order valence-electron chi connectivity index (χ3n) is 6.02. The van der Waals surface area contributed by atoms with Gasteiger partial charge in [-0.15, -0.1) is 0 Å². The van der Waals surface area contributed by atoms with Crippen molar-refractivity contribution in [3.63, 3.8) is 0 Å². The van der Waals surface area contributed by atoms with Gasteiger partial charge in [0.1, 0.15) is 31.9 Å². The van der Waals surface area contributed by atoms with Crippen LogP contribution in [0.3, 0.4) is 0 Å². The number of hydrogen-bond donors (Lipinski definition) is 1. The first-order valence-corrected chi connectivity index (χ1v) is 13.2. The molecule has 1 N–H and O–H groups in total. The molecule has 0 bridgehead atoms. The number of aromatic nitrogens is 2. The van der Waals surface area contributed by atoms with Gasteiger partial charge < -0.3 is 13.8 Å². The number of ether oxygens (including phenoxy) is 1. The van der Waals surface area contributed by atoms with Crippen LogP contribution in [0.2, 0.25) is 0 Å². The maximum absolute atomic E-state index is 15.5. The summed E-state index contributed by atoms with van der Waals surface area (Å²) >= 11 is 4.72. The lowest BCUT2D eigenvalue weighted by atomic mass is 9.61. The van der Waals surface area contributed by atoms with Crippen molar-refractivity contribution in [1.82, 2.24) is 9.55 Å². The smallest absolute Gasteiger partial charge is 0.396 e. The normalized spacial score (nSPS) is 17.3. The van der Waals surface area contributed by atoms with Gasteiger partial charge in [-0.3, -0.25) is 14.1 Å². The van der Waals surface area contributed by atoms with Crippen molar-refractivity contribution in [1.29, 1.82) is 0 Å². The minimum absolute atomic E-state index is 0.0112. The SMILES string of the molecule is [B]C([B])(OP1OCc2c(F)c(C(C)(C)C)cc(C(C)(C)C)c2O1)C(CCn1cc(F)c(=S)[nH]c1=O)OC. The van der Waals surface area contributed by atoms with Gasteiger partial charge in [-0.05, 0) is 28.9 Å². The molecule has 4 radical (unpaired) electrons. The zero-order chi connectivity index (χ0) is 27.9. The molecule has 0 fully saturated rings. The number of methoxy groups -OCH3 is 1. The molecule has 0 aliphatic carbocycles.